The number of benzene rings is 5. The molecule has 0 aliphatic carbocycles. The number of fused-ring (bicyclic) bond motifs is 7. The van der Waals surface area contributed by atoms with Gasteiger partial charge in [-0.25, -0.2) is 9.58 Å². The molecule has 0 spiro atoms. The Hall–Kier alpha value is -4.54. The largest absolute Gasteiger partial charge is 0.509 e. The molecule has 7 aromatic rings. The molecule has 330 valence electrons. The summed E-state index contributed by atoms with van der Waals surface area (Å²) in [6.07, 6.45) is 4.18. The normalized spacial score (nSPS) is 18.5. The van der Waals surface area contributed by atoms with E-state index in [0.29, 0.717) is 26.6 Å². The van der Waals surface area contributed by atoms with Gasteiger partial charge in [-0.3, -0.25) is 0 Å². The van der Waals surface area contributed by atoms with E-state index in [4.69, 9.17) is 9.72 Å². The van der Waals surface area contributed by atoms with Gasteiger partial charge in [-0.2, -0.15) is 10.7 Å². The molecule has 1 unspecified atom stereocenters. The van der Waals surface area contributed by atoms with Crippen molar-refractivity contribution in [1.82, 2.24) is 18.7 Å². The number of ether oxygens (including phenoxy) is 1. The molecule has 2 aromatic heterocycles. The maximum atomic E-state index is 6.98. The Morgan fingerprint density at radius 1 is 0.603 bits per heavy atom. The van der Waals surface area contributed by atoms with Gasteiger partial charge in [0.2, 0.25) is 11.4 Å². The number of pyridine rings is 1. The first-order valence-corrected chi connectivity index (χ1v) is 22.8. The van der Waals surface area contributed by atoms with Gasteiger partial charge < -0.3 is 9.30 Å². The molecular weight excluding hydrogens is 952 g/mol. The van der Waals surface area contributed by atoms with Crippen molar-refractivity contribution in [1.29, 1.82) is 0 Å². The molecule has 2 atom stereocenters. The van der Waals surface area contributed by atoms with Crippen LogP contribution in [0.4, 0.5) is 22.7 Å². The third-order valence-electron chi connectivity index (χ3n) is 13.7. The van der Waals surface area contributed by atoms with Crippen LogP contribution in [0.5, 0.6) is 11.5 Å². The first kappa shape index (κ1) is 45.0. The predicted molar refractivity (Wildman–Crippen MR) is 261 cm³/mol. The van der Waals surface area contributed by atoms with Gasteiger partial charge >= 0.3 is 0 Å². The van der Waals surface area contributed by atoms with Crippen LogP contribution < -0.4 is 13.9 Å². The van der Waals surface area contributed by atoms with Crippen LogP contribution in [0.25, 0.3) is 27.6 Å². The van der Waals surface area contributed by atoms with Crippen LogP contribution in [0.1, 0.15) is 144 Å². The smallest absolute Gasteiger partial charge is 0.225 e. The van der Waals surface area contributed by atoms with Crippen molar-refractivity contribution in [3.8, 4) is 17.3 Å². The van der Waals surface area contributed by atoms with Crippen LogP contribution in [0.2, 0.25) is 0 Å². The Bertz CT molecular complexity index is 2890. The summed E-state index contributed by atoms with van der Waals surface area (Å²) in [7, 11) is 0. The number of hydrogen-bond acceptors (Lipinski definition) is 2. The number of aromatic nitrogens is 2. The maximum Gasteiger partial charge on any atom is 0.225 e. The quantitative estimate of drug-likeness (QED) is 0.0862. The minimum absolute atomic E-state index is 0. The Labute approximate surface area is 391 Å². The minimum atomic E-state index is -0.139. The van der Waals surface area contributed by atoms with Crippen molar-refractivity contribution in [3.63, 3.8) is 0 Å². The zero-order valence-corrected chi connectivity index (χ0v) is 42.2. The van der Waals surface area contributed by atoms with Gasteiger partial charge in [0.15, 0.2) is 12.4 Å². The molecule has 0 saturated carbocycles. The van der Waals surface area contributed by atoms with Gasteiger partial charge in [0.05, 0.1) is 5.69 Å². The van der Waals surface area contributed by atoms with E-state index in [1.54, 1.807) is 0 Å². The fourth-order valence-corrected chi connectivity index (χ4v) is 9.70. The zero-order valence-electron chi connectivity index (χ0n) is 39.9. The average Bonchev–Trinajstić information content (AvgIpc) is 3.71. The Kier molecular flexibility index (Phi) is 10.9. The first-order chi connectivity index (χ1) is 29.1. The fourth-order valence-electron chi connectivity index (χ4n) is 9.70. The molecular formula is C57H65N4OPt-. The van der Waals surface area contributed by atoms with Crippen LogP contribution in [0.15, 0.2) is 103 Å². The Morgan fingerprint density at radius 2 is 1.25 bits per heavy atom. The van der Waals surface area contributed by atoms with Gasteiger partial charge in [-0.1, -0.05) is 139 Å². The van der Waals surface area contributed by atoms with Crippen LogP contribution in [-0.2, 0) is 42.7 Å². The first-order valence-electron chi connectivity index (χ1n) is 22.8. The predicted octanol–water partition coefficient (Wildman–Crippen LogP) is 16.0. The third-order valence-corrected chi connectivity index (χ3v) is 13.7. The summed E-state index contributed by atoms with van der Waals surface area (Å²) in [5.41, 5.74) is 13.4. The molecule has 5 nitrogen and oxygen atoms in total. The standard InChI is InChI=1S/C57H65N4O.Pt/c1-15-37(16-2)38-18-17-19-43(28-38)60-36-61(60,51-25-21-40(32-52(51)60)55(6,7)8)44-29-42(57(12,13)14)30-46(34-44)62-45-22-23-47-48-31-39(54(3,4)5)20-24-49(48)59(50(47)35-45)53-33-41(26-27-58-53)56(9,10)11;/h17-33,36-37H,15-16H2,1-14H3;/q-1;/t60-,61?;/m0./s1. The molecule has 6 heteroatoms. The van der Waals surface area contributed by atoms with Gasteiger partial charge in [-0.15, -0.1) is 35.2 Å². The third kappa shape index (κ3) is 7.31. The SMILES string of the molecule is CCC(CC)c1cccc([N@+]23[CH-][N+]2(c2[c-]c(Oc4[c-]c5c(cc4)c4cc(C(C)(C)C)ccc4n5-c4cc(C(C)(C)C)ccn4)cc(C(C)(C)C)c2)c2ccc(C(C)(C)C)cc23)c1.[Pt]. The molecule has 4 heterocycles. The minimum Gasteiger partial charge on any atom is -0.509 e. The second-order valence-electron chi connectivity index (χ2n) is 22.1. The van der Waals surface area contributed by atoms with E-state index < -0.39 is 0 Å². The van der Waals surface area contributed by atoms with Crippen LogP contribution >= 0.6 is 0 Å². The second kappa shape index (κ2) is 15.3. The molecule has 5 aromatic carbocycles. The summed E-state index contributed by atoms with van der Waals surface area (Å²) >= 11 is 0. The molecule has 2 aliphatic rings. The summed E-state index contributed by atoms with van der Waals surface area (Å²) in [6, 6.07) is 44.1. The van der Waals surface area contributed by atoms with Crippen LogP contribution in [-0.4, -0.2) is 9.55 Å². The van der Waals surface area contributed by atoms with Gasteiger partial charge in [0.25, 0.3) is 0 Å². The molecule has 63 heavy (non-hydrogen) atoms. The summed E-state index contributed by atoms with van der Waals surface area (Å²) in [5.74, 6) is 2.73. The molecule has 2 aliphatic heterocycles. The Balaban J connectivity index is 0.00000544. The topological polar surface area (TPSA) is 27.1 Å². The monoisotopic (exact) mass is 1020 g/mol. The second-order valence-corrected chi connectivity index (χ2v) is 22.1. The number of hydrogen-bond donors (Lipinski definition) is 0. The van der Waals surface area contributed by atoms with Gasteiger partial charge in [0, 0.05) is 68.5 Å². The van der Waals surface area contributed by atoms with Crippen molar-refractivity contribution in [3.05, 3.63) is 150 Å². The molecule has 0 radical (unpaired) electrons. The van der Waals surface area contributed by atoms with E-state index in [-0.39, 0.29) is 42.7 Å². The summed E-state index contributed by atoms with van der Waals surface area (Å²) < 4.78 is 10.4. The van der Waals surface area contributed by atoms with Crippen molar-refractivity contribution < 1.29 is 25.8 Å². The fraction of sp³-hybridized carbons (Fsp3) is 0.368. The van der Waals surface area contributed by atoms with Crippen molar-refractivity contribution in [2.75, 3.05) is 0 Å². The van der Waals surface area contributed by atoms with Crippen LogP contribution in [0, 0.1) is 18.8 Å². The van der Waals surface area contributed by atoms with Crippen molar-refractivity contribution in [2.24, 2.45) is 0 Å². The van der Waals surface area contributed by atoms with Crippen molar-refractivity contribution in [2.45, 2.75) is 137 Å². The van der Waals surface area contributed by atoms with E-state index in [1.807, 2.05) is 6.20 Å². The summed E-state index contributed by atoms with van der Waals surface area (Å²) in [6.45, 7) is 34.4. The van der Waals surface area contributed by atoms with Gasteiger partial charge in [-0.05, 0) is 86.3 Å². The average molecular weight is 1020 g/mol. The Morgan fingerprint density at radius 3 is 1.92 bits per heavy atom. The number of quaternary nitrogens is 2. The summed E-state index contributed by atoms with van der Waals surface area (Å²) in [4.78, 5) is 4.96. The van der Waals surface area contributed by atoms with Crippen molar-refractivity contribution >= 4 is 44.6 Å². The zero-order chi connectivity index (χ0) is 44.4. The molecule has 0 bridgehead atoms. The van der Waals surface area contributed by atoms with E-state index >= 15 is 0 Å². The van der Waals surface area contributed by atoms with Gasteiger partial charge in [0.1, 0.15) is 5.82 Å². The van der Waals surface area contributed by atoms with E-state index in [1.165, 1.54) is 50.3 Å². The molecule has 0 N–H and O–H groups in total. The maximum absolute atomic E-state index is 6.98. The number of nitrogens with zero attached hydrogens (tertiary/aromatic N) is 4. The molecule has 9 rings (SSSR count). The van der Waals surface area contributed by atoms with Crippen LogP contribution in [0.3, 0.4) is 0 Å². The van der Waals surface area contributed by atoms with E-state index in [0.717, 1.165) is 40.8 Å². The van der Waals surface area contributed by atoms with E-state index in [9.17, 15) is 0 Å². The molecule has 1 saturated heterocycles. The number of rotatable bonds is 8. The van der Waals surface area contributed by atoms with E-state index in [2.05, 4.69) is 217 Å². The molecule has 1 fully saturated rings. The molecule has 0 amide bonds. The summed E-state index contributed by atoms with van der Waals surface area (Å²) in [5, 5.41) is 2.30.